The quantitative estimate of drug-likeness (QED) is 0.0267. The minimum absolute atomic E-state index is 0.0438. The van der Waals surface area contributed by atoms with Gasteiger partial charge >= 0.3 is 0 Å². The van der Waals surface area contributed by atoms with Gasteiger partial charge in [0, 0.05) is 44.8 Å². The van der Waals surface area contributed by atoms with E-state index in [1.807, 2.05) is 41.8 Å². The van der Waals surface area contributed by atoms with E-state index in [1.165, 1.54) is 21.3 Å². The number of halogens is 1. The first-order valence-electron chi connectivity index (χ1n) is 26.8. The van der Waals surface area contributed by atoms with Crippen LogP contribution in [0.15, 0.2) is 34.9 Å². The summed E-state index contributed by atoms with van der Waals surface area (Å²) in [5.74, 6) is 12.2. The highest BCUT2D eigenvalue weighted by Gasteiger charge is 2.51. The molecule has 0 unspecified atom stereocenters. The second-order valence-corrected chi connectivity index (χ2v) is 26.9. The van der Waals surface area contributed by atoms with Gasteiger partial charge in [0.05, 0.1) is 83.4 Å². The Bertz CT molecular complexity index is 2560. The highest BCUT2D eigenvalue weighted by atomic mass is 127. The summed E-state index contributed by atoms with van der Waals surface area (Å²) in [5, 5.41) is 59.8. The number of methoxy groups -OCH3 is 4. The Hall–Kier alpha value is -2.21. The highest BCUT2D eigenvalue weighted by Crippen LogP contribution is 2.49. The van der Waals surface area contributed by atoms with Crippen LogP contribution in [-0.2, 0) is 47.5 Å². The van der Waals surface area contributed by atoms with E-state index < -0.39 is 108 Å². The first-order chi connectivity index (χ1) is 39.1. The molecule has 4 saturated heterocycles. The molecule has 5 aliphatic rings. The molecule has 6 rings (SSSR count). The molecule has 1 aromatic carbocycles. The number of benzene rings is 1. The maximum Gasteiger partial charge on any atom is 0.229 e. The van der Waals surface area contributed by atoms with Crippen molar-refractivity contribution in [1.82, 2.24) is 10.8 Å². The molecular weight excluding hydrogens is 1260 g/mol. The van der Waals surface area contributed by atoms with Crippen LogP contribution in [0.5, 0.6) is 17.2 Å². The van der Waals surface area contributed by atoms with E-state index in [4.69, 9.17) is 56.9 Å². The van der Waals surface area contributed by atoms with Crippen LogP contribution in [0.4, 0.5) is 0 Å². The standard InChI is InChI=1S/C56H79IN2O19S4/c1-14-16-17-18-19-20-36(40-27(3)35(61)25-56(8,66)32(40)21-22-80-82-79-13)75-55-50(76-38-24-37(67-9)33(26-71-38)58-15-2)45(63)43(29(5)73-55)59-78-39-23-34(60)52(31(7)72-39)81-53(65)41-28(4)42(57)48(51(70-12)47(41)68-10)77-54-46(64)49(69-11)44(62)30(6)74-54/h17-18,21,29-31,33-34,36-39,43-46,49-50,52,54-55,58-60,62-64,66H,15,22-26H2,1-13H3/b18-17-,32-21+/t29-,30+,31-,33+,34+,36+,37+,38+,39+,43-,44+,45+,46-,49-,50-,52-,54+,55+,56+/m1/s1. The number of allylic oxidation sites excluding steroid dienone is 3. The summed E-state index contributed by atoms with van der Waals surface area (Å²) < 4.78 is 67.8. The van der Waals surface area contributed by atoms with E-state index in [9.17, 15) is 35.1 Å². The molecule has 7 N–H and O–H groups in total. The number of carbonyl (C=O) groups is 2. The normalized spacial score (nSPS) is 35.2. The Morgan fingerprint density at radius 1 is 0.902 bits per heavy atom. The predicted octanol–water partition coefficient (Wildman–Crippen LogP) is 4.93. The van der Waals surface area contributed by atoms with Crippen LogP contribution in [0, 0.1) is 34.2 Å². The van der Waals surface area contributed by atoms with Gasteiger partial charge in [-0.15, -0.1) is 5.92 Å². The van der Waals surface area contributed by atoms with E-state index in [0.29, 0.717) is 38.2 Å². The van der Waals surface area contributed by atoms with Crippen molar-refractivity contribution in [1.29, 1.82) is 0 Å². The third-order valence-electron chi connectivity index (χ3n) is 14.7. The Balaban J connectivity index is 1.23. The summed E-state index contributed by atoms with van der Waals surface area (Å²) in [6.45, 7) is 14.6. The molecule has 4 heterocycles. The molecule has 4 aliphatic heterocycles. The van der Waals surface area contributed by atoms with Crippen molar-refractivity contribution in [2.75, 3.05) is 53.6 Å². The summed E-state index contributed by atoms with van der Waals surface area (Å²) in [6, 6.07) is -1.15. The molecule has 0 spiro atoms. The summed E-state index contributed by atoms with van der Waals surface area (Å²) in [7, 11) is 10.5. The molecule has 1 aliphatic carbocycles. The number of thioether (sulfide) groups is 1. The maximum absolute atomic E-state index is 14.4. The van der Waals surface area contributed by atoms with Crippen LogP contribution >= 0.6 is 65.8 Å². The van der Waals surface area contributed by atoms with E-state index in [2.05, 4.69) is 34.5 Å². The van der Waals surface area contributed by atoms with Crippen molar-refractivity contribution in [3.05, 3.63) is 49.6 Å². The summed E-state index contributed by atoms with van der Waals surface area (Å²) >= 11 is 2.86. The molecule has 0 aromatic heterocycles. The number of aliphatic hydroxyl groups is 5. The minimum Gasteiger partial charge on any atom is -0.492 e. The minimum atomic E-state index is -1.57. The number of rotatable bonds is 22. The topological polar surface area (TPSA) is 270 Å². The smallest absolute Gasteiger partial charge is 0.229 e. The highest BCUT2D eigenvalue weighted by molar-refractivity contribution is 14.1. The number of hydrogen-bond donors (Lipinski definition) is 7. The number of Topliss-reactive ketones (excluding diaryl/α,β-unsaturated/α-hetero) is 1. The number of likely N-dealkylation sites (N-methyl/N-ethyl adjacent to an activating group) is 1. The van der Waals surface area contributed by atoms with Gasteiger partial charge in [-0.2, -0.15) is 5.48 Å². The van der Waals surface area contributed by atoms with Crippen LogP contribution in [0.25, 0.3) is 0 Å². The largest absolute Gasteiger partial charge is 0.492 e. The molecule has 4 fully saturated rings. The lowest BCUT2D eigenvalue weighted by Crippen LogP contribution is -2.65. The fraction of sp³-hybridized carbons (Fsp3) is 0.679. The van der Waals surface area contributed by atoms with E-state index in [1.54, 1.807) is 99.1 Å². The van der Waals surface area contributed by atoms with Gasteiger partial charge in [0.15, 0.2) is 36.2 Å². The van der Waals surface area contributed by atoms with E-state index >= 15 is 0 Å². The molecule has 458 valence electrons. The zero-order valence-corrected chi connectivity index (χ0v) is 53.8. The number of ether oxygens (including phenoxy) is 11. The van der Waals surface area contributed by atoms with Gasteiger partial charge in [-0.25, -0.2) is 0 Å². The van der Waals surface area contributed by atoms with Crippen molar-refractivity contribution in [3.8, 4) is 40.9 Å². The first kappa shape index (κ1) is 68.9. The second kappa shape index (κ2) is 32.1. The van der Waals surface area contributed by atoms with Crippen LogP contribution in [0.2, 0.25) is 0 Å². The SMILES string of the molecule is CC#C/C=C\C#C[C@H](O[C@@H]1O[C@H](C)[C@@H](NO[C@H]2C[C@H](O)[C@H](SC(=O)c3c(C)c(I)c(O[C@@H]4O[C@@H](C)[C@H](O)[C@@H](OC)[C@H]4O)c(OC)c3OC)[C@@H](C)O2)[C@H](O)[C@H]1O[C@H]1C[C@H](OC)[C@@H](NCC)CO1)C1=C(C)C(=O)C[C@](C)(O)/C1=C/CSSSC. The van der Waals surface area contributed by atoms with Gasteiger partial charge in [-0.1, -0.05) is 64.1 Å². The van der Waals surface area contributed by atoms with E-state index in [0.717, 1.165) is 11.8 Å². The summed E-state index contributed by atoms with van der Waals surface area (Å²) in [6.07, 6.45) is -8.96. The predicted molar refractivity (Wildman–Crippen MR) is 321 cm³/mol. The molecule has 0 radical (unpaired) electrons. The lowest BCUT2D eigenvalue weighted by molar-refractivity contribution is -0.336. The Morgan fingerprint density at radius 3 is 2.26 bits per heavy atom. The van der Waals surface area contributed by atoms with Gasteiger partial charge in [0.1, 0.15) is 36.6 Å². The molecule has 1 aromatic rings. The van der Waals surface area contributed by atoms with Crippen LogP contribution in [0.1, 0.15) is 83.7 Å². The second-order valence-electron chi connectivity index (χ2n) is 20.2. The Kier molecular flexibility index (Phi) is 27.0. The maximum atomic E-state index is 14.4. The lowest BCUT2D eigenvalue weighted by Gasteiger charge is -2.46. The number of hydrogen-bond acceptors (Lipinski definition) is 25. The van der Waals surface area contributed by atoms with Crippen molar-refractivity contribution in [2.24, 2.45) is 0 Å². The van der Waals surface area contributed by atoms with Crippen molar-refractivity contribution in [3.63, 3.8) is 0 Å². The first-order valence-corrected chi connectivity index (χ1v) is 32.8. The fourth-order valence-corrected chi connectivity index (χ4v) is 14.6. The van der Waals surface area contributed by atoms with Gasteiger partial charge in [0.2, 0.25) is 17.2 Å². The van der Waals surface area contributed by atoms with Gasteiger partial charge in [-0.05, 0) is 123 Å². The molecule has 0 bridgehead atoms. The average Bonchev–Trinajstić information content (AvgIpc) is 3.44. The Labute approximate surface area is 510 Å². The zero-order chi connectivity index (χ0) is 60.2. The molecule has 82 heavy (non-hydrogen) atoms. The van der Waals surface area contributed by atoms with E-state index in [-0.39, 0.29) is 66.6 Å². The van der Waals surface area contributed by atoms with Gasteiger partial charge in [-0.3, -0.25) is 14.4 Å². The molecule has 21 nitrogen and oxygen atoms in total. The van der Waals surface area contributed by atoms with Crippen molar-refractivity contribution in [2.45, 2.75) is 190 Å². The monoisotopic (exact) mass is 1340 g/mol. The van der Waals surface area contributed by atoms with Gasteiger partial charge < -0.3 is 83.0 Å². The number of hydroxylamine groups is 1. The summed E-state index contributed by atoms with van der Waals surface area (Å²) in [5.41, 5.74) is 3.17. The molecular formula is C56H79IN2O19S4. The van der Waals surface area contributed by atoms with Crippen molar-refractivity contribution >= 4 is 76.7 Å². The lowest BCUT2D eigenvalue weighted by atomic mass is 9.75. The van der Waals surface area contributed by atoms with Gasteiger partial charge in [0.25, 0.3) is 0 Å². The number of carbonyl (C=O) groups excluding carboxylic acids is 2. The van der Waals surface area contributed by atoms with Crippen LogP contribution in [-0.4, -0.2) is 205 Å². The molecule has 26 heteroatoms. The molecule has 0 saturated carbocycles. The zero-order valence-electron chi connectivity index (χ0n) is 48.3. The third kappa shape index (κ3) is 16.5. The van der Waals surface area contributed by atoms with Crippen LogP contribution in [0.3, 0.4) is 0 Å². The number of nitrogens with one attached hydrogen (secondary N) is 2. The summed E-state index contributed by atoms with van der Waals surface area (Å²) in [4.78, 5) is 34.2. The average molecular weight is 1340 g/mol. The molecule has 19 atom stereocenters. The van der Waals surface area contributed by atoms with Crippen LogP contribution < -0.4 is 25.0 Å². The fourth-order valence-electron chi connectivity index (χ4n) is 10.4. The number of ketones is 1. The third-order valence-corrected chi connectivity index (χ3v) is 21.1. The number of aliphatic hydroxyl groups excluding tert-OH is 4. The van der Waals surface area contributed by atoms with Crippen molar-refractivity contribution < 1.29 is 92.1 Å². The Morgan fingerprint density at radius 2 is 1.61 bits per heavy atom. The molecule has 0 amide bonds.